The van der Waals surface area contributed by atoms with E-state index in [4.69, 9.17) is 14.2 Å². The van der Waals surface area contributed by atoms with E-state index in [1.807, 2.05) is 45.0 Å². The van der Waals surface area contributed by atoms with Gasteiger partial charge in [-0.05, 0) is 81.3 Å². The van der Waals surface area contributed by atoms with Gasteiger partial charge in [-0.25, -0.2) is 19.9 Å². The molecule has 1 aliphatic heterocycles. The standard InChI is InChI=1S/C37H50N6O5/c1-8-47-35(44)19-29(27-9-10-27)28-11-14-38-34(18-28)48-22-26-12-15-42(16-13-26)31-20-33(46-7)39-21-30(31)36(45)43(23-37(4,5)6)32-17-24(2)40-25(3)41-32/h11,14,17-18,20-21,26-27,29H,8-10,12-13,15-16,19,22-23H2,1-7H3. The molecule has 0 radical (unpaired) electrons. The molecule has 3 aromatic rings. The van der Waals surface area contributed by atoms with Crippen molar-refractivity contribution >= 4 is 23.4 Å². The number of carbonyl (C=O) groups excluding carboxylic acids is 2. The highest BCUT2D eigenvalue weighted by molar-refractivity contribution is 6.09. The summed E-state index contributed by atoms with van der Waals surface area (Å²) in [6.45, 7) is 14.8. The highest BCUT2D eigenvalue weighted by atomic mass is 16.5. The molecule has 5 rings (SSSR count). The van der Waals surface area contributed by atoms with Gasteiger partial charge in [0, 0.05) is 55.9 Å². The van der Waals surface area contributed by atoms with Crippen molar-refractivity contribution in [2.45, 2.75) is 79.6 Å². The number of ether oxygens (including phenoxy) is 3. The Hall–Kier alpha value is -4.28. The number of methoxy groups -OCH3 is 1. The Morgan fingerprint density at radius 1 is 1.02 bits per heavy atom. The van der Waals surface area contributed by atoms with E-state index in [1.54, 1.807) is 24.4 Å². The Bertz CT molecular complexity index is 1560. The smallest absolute Gasteiger partial charge is 0.306 e. The van der Waals surface area contributed by atoms with Crippen molar-refractivity contribution < 1.29 is 23.8 Å². The molecular formula is C37H50N6O5. The topological polar surface area (TPSA) is 120 Å². The molecule has 1 atom stereocenters. The van der Waals surface area contributed by atoms with Gasteiger partial charge in [0.25, 0.3) is 5.91 Å². The zero-order valence-corrected chi connectivity index (χ0v) is 29.5. The van der Waals surface area contributed by atoms with Gasteiger partial charge >= 0.3 is 5.97 Å². The molecule has 1 amide bonds. The molecule has 2 fully saturated rings. The SMILES string of the molecule is CCOC(=O)CC(c1ccnc(OCC2CCN(c3cc(OC)ncc3C(=O)N(CC(C)(C)C)c3cc(C)nc(C)n3)CC2)c1)C1CC1. The maximum Gasteiger partial charge on any atom is 0.306 e. The highest BCUT2D eigenvalue weighted by Gasteiger charge is 2.35. The van der Waals surface area contributed by atoms with E-state index in [9.17, 15) is 9.59 Å². The lowest BCUT2D eigenvalue weighted by Gasteiger charge is -2.35. The molecule has 1 saturated heterocycles. The van der Waals surface area contributed by atoms with E-state index < -0.39 is 0 Å². The number of aromatic nitrogens is 4. The molecular weight excluding hydrogens is 608 g/mol. The molecule has 0 bridgehead atoms. The molecule has 1 saturated carbocycles. The number of rotatable bonds is 13. The van der Waals surface area contributed by atoms with Crippen LogP contribution >= 0.6 is 0 Å². The number of esters is 1. The van der Waals surface area contributed by atoms with Gasteiger partial charge in [0.1, 0.15) is 11.6 Å². The lowest BCUT2D eigenvalue weighted by atomic mass is 9.92. The summed E-state index contributed by atoms with van der Waals surface area (Å²) in [7, 11) is 1.59. The third-order valence-corrected chi connectivity index (χ3v) is 8.90. The number of piperidine rings is 1. The number of nitrogens with zero attached hydrogens (tertiary/aromatic N) is 6. The number of anilines is 2. The zero-order chi connectivity index (χ0) is 34.4. The summed E-state index contributed by atoms with van der Waals surface area (Å²) in [6, 6.07) is 7.70. The largest absolute Gasteiger partial charge is 0.481 e. The van der Waals surface area contributed by atoms with Gasteiger partial charge in [0.05, 0.1) is 38.0 Å². The second-order valence-corrected chi connectivity index (χ2v) is 14.2. The molecule has 48 heavy (non-hydrogen) atoms. The van der Waals surface area contributed by atoms with Crippen LogP contribution in [0.1, 0.15) is 93.2 Å². The minimum absolute atomic E-state index is 0.133. The fourth-order valence-corrected chi connectivity index (χ4v) is 6.41. The highest BCUT2D eigenvalue weighted by Crippen LogP contribution is 2.45. The monoisotopic (exact) mass is 658 g/mol. The van der Waals surface area contributed by atoms with Crippen LogP contribution in [0.2, 0.25) is 0 Å². The van der Waals surface area contributed by atoms with Crippen LogP contribution in [0.4, 0.5) is 11.5 Å². The van der Waals surface area contributed by atoms with Crippen LogP contribution in [-0.4, -0.2) is 71.8 Å². The first-order chi connectivity index (χ1) is 22.9. The summed E-state index contributed by atoms with van der Waals surface area (Å²) in [5, 5.41) is 0. The number of aryl methyl sites for hydroxylation is 2. The summed E-state index contributed by atoms with van der Waals surface area (Å²) < 4.78 is 17.0. The van der Waals surface area contributed by atoms with E-state index >= 15 is 0 Å². The lowest BCUT2D eigenvalue weighted by molar-refractivity contribution is -0.143. The fraction of sp³-hybridized carbons (Fsp3) is 0.568. The van der Waals surface area contributed by atoms with E-state index in [-0.39, 0.29) is 23.2 Å². The molecule has 1 aliphatic carbocycles. The molecule has 11 heteroatoms. The molecule has 4 heterocycles. The predicted molar refractivity (Wildman–Crippen MR) is 185 cm³/mol. The van der Waals surface area contributed by atoms with E-state index in [1.165, 1.54) is 0 Å². The van der Waals surface area contributed by atoms with Crippen LogP contribution in [0.25, 0.3) is 0 Å². The molecule has 2 aliphatic rings. The van der Waals surface area contributed by atoms with Gasteiger partial charge in [-0.15, -0.1) is 0 Å². The first-order valence-electron chi connectivity index (χ1n) is 17.1. The molecule has 11 nitrogen and oxygen atoms in total. The quantitative estimate of drug-likeness (QED) is 0.193. The second kappa shape index (κ2) is 15.3. The summed E-state index contributed by atoms with van der Waals surface area (Å²) in [4.78, 5) is 48.6. The molecule has 1 unspecified atom stereocenters. The Labute approximate surface area is 284 Å². The summed E-state index contributed by atoms with van der Waals surface area (Å²) in [6.07, 6.45) is 7.83. The molecule has 0 N–H and O–H groups in total. The van der Waals surface area contributed by atoms with E-state index in [0.717, 1.165) is 55.7 Å². The number of carbonyl (C=O) groups is 2. The van der Waals surface area contributed by atoms with Crippen molar-refractivity contribution in [1.82, 2.24) is 19.9 Å². The van der Waals surface area contributed by atoms with Crippen LogP contribution in [-0.2, 0) is 9.53 Å². The van der Waals surface area contributed by atoms with E-state index in [2.05, 4.69) is 45.6 Å². The first kappa shape index (κ1) is 35.0. The van der Waals surface area contributed by atoms with Crippen LogP contribution in [0.3, 0.4) is 0 Å². The van der Waals surface area contributed by atoms with Crippen molar-refractivity contribution in [3.63, 3.8) is 0 Å². The Balaban J connectivity index is 1.27. The van der Waals surface area contributed by atoms with Crippen LogP contribution in [0.5, 0.6) is 11.8 Å². The Morgan fingerprint density at radius 3 is 2.42 bits per heavy atom. The molecule has 258 valence electrons. The van der Waals surface area contributed by atoms with Crippen molar-refractivity contribution in [2.75, 3.05) is 49.8 Å². The third kappa shape index (κ3) is 9.20. The minimum atomic E-state index is -0.172. The molecule has 0 aromatic carbocycles. The second-order valence-electron chi connectivity index (χ2n) is 14.2. The zero-order valence-electron chi connectivity index (χ0n) is 29.5. The van der Waals surface area contributed by atoms with Crippen LogP contribution < -0.4 is 19.3 Å². The summed E-state index contributed by atoms with van der Waals surface area (Å²) in [5.74, 6) is 2.91. The van der Waals surface area contributed by atoms with Crippen molar-refractivity contribution in [3.05, 3.63) is 59.3 Å². The number of pyridine rings is 2. The van der Waals surface area contributed by atoms with Crippen LogP contribution in [0.15, 0.2) is 36.7 Å². The lowest BCUT2D eigenvalue weighted by Crippen LogP contribution is -2.41. The Kier molecular flexibility index (Phi) is 11.2. The van der Waals surface area contributed by atoms with Crippen LogP contribution in [0, 0.1) is 31.1 Å². The third-order valence-electron chi connectivity index (χ3n) is 8.90. The van der Waals surface area contributed by atoms with Gasteiger partial charge in [-0.3, -0.25) is 14.5 Å². The maximum absolute atomic E-state index is 14.4. The molecule has 3 aromatic heterocycles. The maximum atomic E-state index is 14.4. The fourth-order valence-electron chi connectivity index (χ4n) is 6.41. The van der Waals surface area contributed by atoms with Crippen molar-refractivity contribution in [3.8, 4) is 11.8 Å². The van der Waals surface area contributed by atoms with E-state index in [0.29, 0.717) is 67.0 Å². The first-order valence-corrected chi connectivity index (χ1v) is 17.1. The molecule has 0 spiro atoms. The van der Waals surface area contributed by atoms with Gasteiger partial charge < -0.3 is 19.1 Å². The normalized spacial score (nSPS) is 15.9. The number of hydrogen-bond acceptors (Lipinski definition) is 10. The summed E-state index contributed by atoms with van der Waals surface area (Å²) >= 11 is 0. The average Bonchev–Trinajstić information content (AvgIpc) is 3.90. The Morgan fingerprint density at radius 2 is 1.77 bits per heavy atom. The minimum Gasteiger partial charge on any atom is -0.481 e. The van der Waals surface area contributed by atoms with Crippen molar-refractivity contribution in [2.24, 2.45) is 17.3 Å². The predicted octanol–water partition coefficient (Wildman–Crippen LogP) is 6.33. The van der Waals surface area contributed by atoms with Gasteiger partial charge in [-0.1, -0.05) is 20.8 Å². The summed E-state index contributed by atoms with van der Waals surface area (Å²) in [5.41, 5.74) is 3.03. The van der Waals surface area contributed by atoms with Gasteiger partial charge in [0.15, 0.2) is 0 Å². The van der Waals surface area contributed by atoms with Gasteiger partial charge in [0.2, 0.25) is 11.8 Å². The number of hydrogen-bond donors (Lipinski definition) is 0. The average molecular weight is 659 g/mol. The van der Waals surface area contributed by atoms with Gasteiger partial charge in [-0.2, -0.15) is 0 Å². The number of amides is 1. The van der Waals surface area contributed by atoms with Crippen molar-refractivity contribution in [1.29, 1.82) is 0 Å².